The standard InChI is InChI=1S/C21H30F3N3O2/c1-15(2)19-12-25(14-21(22,23)24)9-10-26(19)13-20(28)27-8-4-5-16-11-17(29-3)6-7-18(16)27/h6-7,11,15,19H,4-5,8-10,12-14H2,1-3H3/t19-/m1/s1. The lowest BCUT2D eigenvalue weighted by atomic mass is 9.98. The highest BCUT2D eigenvalue weighted by Crippen LogP contribution is 2.31. The highest BCUT2D eigenvalue weighted by molar-refractivity contribution is 5.96. The number of hydrogen-bond donors (Lipinski definition) is 0. The number of halogens is 3. The number of ether oxygens (including phenoxy) is 1. The van der Waals surface area contributed by atoms with Crippen LogP contribution in [0.4, 0.5) is 18.9 Å². The molecular formula is C21H30F3N3O2. The van der Waals surface area contributed by atoms with Gasteiger partial charge >= 0.3 is 6.18 Å². The molecule has 2 heterocycles. The van der Waals surface area contributed by atoms with Crippen molar-refractivity contribution in [1.82, 2.24) is 9.80 Å². The fourth-order valence-corrected chi connectivity index (χ4v) is 4.35. The number of methoxy groups -OCH3 is 1. The number of nitrogens with zero attached hydrogens (tertiary/aromatic N) is 3. The van der Waals surface area contributed by atoms with Gasteiger partial charge in [-0.25, -0.2) is 0 Å². The normalized spacial score (nSPS) is 21.3. The van der Waals surface area contributed by atoms with Crippen LogP contribution in [0.3, 0.4) is 0 Å². The van der Waals surface area contributed by atoms with Gasteiger partial charge in [0, 0.05) is 37.9 Å². The van der Waals surface area contributed by atoms with E-state index in [1.807, 2.05) is 36.9 Å². The van der Waals surface area contributed by atoms with Gasteiger partial charge in [-0.2, -0.15) is 13.2 Å². The van der Waals surface area contributed by atoms with Crippen LogP contribution >= 0.6 is 0 Å². The van der Waals surface area contributed by atoms with Crippen LogP contribution in [0.2, 0.25) is 0 Å². The third-order valence-corrected chi connectivity index (χ3v) is 5.83. The Morgan fingerprint density at radius 1 is 1.24 bits per heavy atom. The largest absolute Gasteiger partial charge is 0.497 e. The number of fused-ring (bicyclic) bond motifs is 1. The predicted octanol–water partition coefficient (Wildman–Crippen LogP) is 3.18. The number of piperazine rings is 1. The summed E-state index contributed by atoms with van der Waals surface area (Å²) in [6.45, 7) is 5.13. The van der Waals surface area contributed by atoms with E-state index in [1.54, 1.807) is 7.11 Å². The Bertz CT molecular complexity index is 724. The van der Waals surface area contributed by atoms with Crippen molar-refractivity contribution in [2.75, 3.05) is 51.3 Å². The molecule has 0 aromatic heterocycles. The van der Waals surface area contributed by atoms with E-state index in [9.17, 15) is 18.0 Å². The van der Waals surface area contributed by atoms with Crippen LogP contribution in [0, 0.1) is 5.92 Å². The number of rotatable bonds is 5. The average molecular weight is 413 g/mol. The lowest BCUT2D eigenvalue weighted by Crippen LogP contribution is -2.58. The van der Waals surface area contributed by atoms with Crippen LogP contribution in [0.1, 0.15) is 25.8 Å². The highest BCUT2D eigenvalue weighted by Gasteiger charge is 2.37. The first kappa shape index (κ1) is 21.9. The molecule has 2 aliphatic rings. The van der Waals surface area contributed by atoms with Crippen molar-refractivity contribution < 1.29 is 22.7 Å². The van der Waals surface area contributed by atoms with Gasteiger partial charge in [-0.3, -0.25) is 14.6 Å². The molecule has 1 saturated heterocycles. The topological polar surface area (TPSA) is 36.0 Å². The van der Waals surface area contributed by atoms with Gasteiger partial charge in [0.1, 0.15) is 5.75 Å². The molecule has 29 heavy (non-hydrogen) atoms. The molecule has 1 aromatic carbocycles. The smallest absolute Gasteiger partial charge is 0.401 e. The molecule has 0 radical (unpaired) electrons. The van der Waals surface area contributed by atoms with Crippen molar-refractivity contribution in [3.8, 4) is 5.75 Å². The molecule has 5 nitrogen and oxygen atoms in total. The van der Waals surface area contributed by atoms with Gasteiger partial charge in [0.2, 0.25) is 5.91 Å². The summed E-state index contributed by atoms with van der Waals surface area (Å²) in [5, 5.41) is 0. The third-order valence-electron chi connectivity index (χ3n) is 5.83. The zero-order valence-corrected chi connectivity index (χ0v) is 17.3. The van der Waals surface area contributed by atoms with E-state index in [0.29, 0.717) is 26.2 Å². The Morgan fingerprint density at radius 2 is 2.00 bits per heavy atom. The Kier molecular flexibility index (Phi) is 6.73. The maximum atomic E-state index is 13.1. The fourth-order valence-electron chi connectivity index (χ4n) is 4.35. The molecule has 162 valence electrons. The Morgan fingerprint density at radius 3 is 2.66 bits per heavy atom. The maximum Gasteiger partial charge on any atom is 0.401 e. The van der Waals surface area contributed by atoms with E-state index < -0.39 is 12.7 Å². The van der Waals surface area contributed by atoms with Gasteiger partial charge in [0.25, 0.3) is 0 Å². The number of carbonyl (C=O) groups excluding carboxylic acids is 1. The lowest BCUT2D eigenvalue weighted by molar-refractivity contribution is -0.153. The molecule has 1 atom stereocenters. The molecular weight excluding hydrogens is 383 g/mol. The van der Waals surface area contributed by atoms with Crippen LogP contribution in [0.25, 0.3) is 0 Å². The van der Waals surface area contributed by atoms with Crippen LogP contribution < -0.4 is 9.64 Å². The predicted molar refractivity (Wildman–Crippen MR) is 106 cm³/mol. The summed E-state index contributed by atoms with van der Waals surface area (Å²) in [5.41, 5.74) is 2.01. The molecule has 0 bridgehead atoms. The molecule has 0 aliphatic carbocycles. The fraction of sp³-hybridized carbons (Fsp3) is 0.667. The number of aryl methyl sites for hydroxylation is 1. The van der Waals surface area contributed by atoms with E-state index in [-0.39, 0.29) is 24.4 Å². The van der Waals surface area contributed by atoms with E-state index >= 15 is 0 Å². The van der Waals surface area contributed by atoms with Gasteiger partial charge in [-0.15, -0.1) is 0 Å². The Labute approximate surface area is 170 Å². The molecule has 0 unspecified atom stereocenters. The summed E-state index contributed by atoms with van der Waals surface area (Å²) in [4.78, 5) is 18.4. The quantitative estimate of drug-likeness (QED) is 0.743. The second kappa shape index (κ2) is 8.92. The van der Waals surface area contributed by atoms with E-state index in [1.165, 1.54) is 4.90 Å². The molecule has 1 amide bonds. The first-order valence-electron chi connectivity index (χ1n) is 10.2. The molecule has 0 spiro atoms. The van der Waals surface area contributed by atoms with Gasteiger partial charge in [0.15, 0.2) is 0 Å². The van der Waals surface area contributed by atoms with E-state index in [0.717, 1.165) is 29.8 Å². The second-order valence-electron chi connectivity index (χ2n) is 8.28. The molecule has 8 heteroatoms. The van der Waals surface area contributed by atoms with Crippen molar-refractivity contribution in [2.24, 2.45) is 5.92 Å². The molecule has 2 aliphatic heterocycles. The van der Waals surface area contributed by atoms with Crippen LogP contribution in [0.15, 0.2) is 18.2 Å². The summed E-state index contributed by atoms with van der Waals surface area (Å²) >= 11 is 0. The minimum atomic E-state index is -4.20. The monoisotopic (exact) mass is 413 g/mol. The number of benzene rings is 1. The van der Waals surface area contributed by atoms with Crippen LogP contribution in [0.5, 0.6) is 5.75 Å². The molecule has 1 fully saturated rings. The Hall–Kier alpha value is -1.80. The number of alkyl halides is 3. The number of anilines is 1. The van der Waals surface area contributed by atoms with E-state index in [2.05, 4.69) is 4.90 Å². The van der Waals surface area contributed by atoms with Crippen molar-refractivity contribution in [3.63, 3.8) is 0 Å². The molecule has 3 rings (SSSR count). The van der Waals surface area contributed by atoms with Gasteiger partial charge in [-0.05, 0) is 42.5 Å². The first-order valence-corrected chi connectivity index (χ1v) is 10.2. The molecule has 0 N–H and O–H groups in total. The minimum absolute atomic E-state index is 0.00559. The maximum absolute atomic E-state index is 13.1. The first-order chi connectivity index (χ1) is 13.7. The zero-order chi connectivity index (χ0) is 21.2. The zero-order valence-electron chi connectivity index (χ0n) is 17.3. The van der Waals surface area contributed by atoms with Crippen molar-refractivity contribution in [1.29, 1.82) is 0 Å². The summed E-state index contributed by atoms with van der Waals surface area (Å²) in [6, 6.07) is 5.68. The highest BCUT2D eigenvalue weighted by atomic mass is 19.4. The summed E-state index contributed by atoms with van der Waals surface area (Å²) in [7, 11) is 1.62. The molecule has 0 saturated carbocycles. The number of hydrogen-bond acceptors (Lipinski definition) is 4. The van der Waals surface area contributed by atoms with Gasteiger partial charge in [0.05, 0.1) is 20.2 Å². The third kappa shape index (κ3) is 5.42. The van der Waals surface area contributed by atoms with Crippen LogP contribution in [-0.4, -0.2) is 74.3 Å². The van der Waals surface area contributed by atoms with Gasteiger partial charge in [-0.1, -0.05) is 13.8 Å². The number of carbonyl (C=O) groups is 1. The number of amides is 1. The Balaban J connectivity index is 1.69. The van der Waals surface area contributed by atoms with Crippen molar-refractivity contribution in [2.45, 2.75) is 38.9 Å². The van der Waals surface area contributed by atoms with Crippen molar-refractivity contribution in [3.05, 3.63) is 23.8 Å². The molecule has 1 aromatic rings. The SMILES string of the molecule is COc1ccc2c(c1)CCCN2C(=O)CN1CCN(CC(F)(F)F)C[C@@H]1C(C)C. The van der Waals surface area contributed by atoms with E-state index in [4.69, 9.17) is 4.74 Å². The van der Waals surface area contributed by atoms with Gasteiger partial charge < -0.3 is 9.64 Å². The minimum Gasteiger partial charge on any atom is -0.497 e. The second-order valence-corrected chi connectivity index (χ2v) is 8.28. The van der Waals surface area contributed by atoms with Crippen molar-refractivity contribution >= 4 is 11.6 Å². The average Bonchev–Trinajstić information content (AvgIpc) is 2.66. The van der Waals surface area contributed by atoms with Crippen LogP contribution in [-0.2, 0) is 11.2 Å². The lowest BCUT2D eigenvalue weighted by Gasteiger charge is -2.44. The summed E-state index contributed by atoms with van der Waals surface area (Å²) in [5.74, 6) is 0.946. The summed E-state index contributed by atoms with van der Waals surface area (Å²) < 4.78 is 43.7. The summed E-state index contributed by atoms with van der Waals surface area (Å²) in [6.07, 6.45) is -2.40.